The van der Waals surface area contributed by atoms with Crippen LogP contribution in [0.1, 0.15) is 31.4 Å². The Bertz CT molecular complexity index is 462. The largest absolute Gasteiger partial charge is 0.358 e. The van der Waals surface area contributed by atoms with Gasteiger partial charge < -0.3 is 4.90 Å². The van der Waals surface area contributed by atoms with Crippen molar-refractivity contribution in [2.75, 3.05) is 18.5 Å². The maximum Gasteiger partial charge on any atom is 0.158 e. The highest BCUT2D eigenvalue weighted by atomic mass is 15.2. The van der Waals surface area contributed by atoms with Crippen molar-refractivity contribution in [3.05, 3.63) is 18.1 Å². The van der Waals surface area contributed by atoms with Crippen molar-refractivity contribution in [3.63, 3.8) is 0 Å². The van der Waals surface area contributed by atoms with Crippen LogP contribution in [0.5, 0.6) is 0 Å². The quantitative estimate of drug-likeness (QED) is 0.815. The molecule has 0 N–H and O–H groups in total. The molecule has 2 aliphatic rings. The highest BCUT2D eigenvalue weighted by Crippen LogP contribution is 2.48. The molecule has 4 nitrogen and oxygen atoms in total. The summed E-state index contributed by atoms with van der Waals surface area (Å²) >= 11 is 0. The summed E-state index contributed by atoms with van der Waals surface area (Å²) in [6.07, 6.45) is 8.94. The highest BCUT2D eigenvalue weighted by molar-refractivity contribution is 5.36. The topological polar surface area (TPSA) is 52.8 Å². The van der Waals surface area contributed by atoms with E-state index in [2.05, 4.69) is 21.9 Å². The van der Waals surface area contributed by atoms with Gasteiger partial charge >= 0.3 is 0 Å². The zero-order valence-corrected chi connectivity index (χ0v) is 10.7. The Hall–Kier alpha value is -1.63. The maximum atomic E-state index is 8.70. The summed E-state index contributed by atoms with van der Waals surface area (Å²) in [5, 5.41) is 8.70. The number of aromatic nitrogens is 2. The molecule has 4 heteroatoms. The number of fused-ring (bicyclic) bond motifs is 2. The first kappa shape index (κ1) is 11.5. The molecule has 18 heavy (non-hydrogen) atoms. The summed E-state index contributed by atoms with van der Waals surface area (Å²) in [4.78, 5) is 10.6. The van der Waals surface area contributed by atoms with Crippen LogP contribution in [0.3, 0.4) is 0 Å². The molecule has 0 aliphatic heterocycles. The molecule has 0 amide bonds. The van der Waals surface area contributed by atoms with Gasteiger partial charge in [-0.05, 0) is 37.0 Å². The lowest BCUT2D eigenvalue weighted by Gasteiger charge is -2.27. The summed E-state index contributed by atoms with van der Waals surface area (Å²) in [7, 11) is 2.07. The van der Waals surface area contributed by atoms with Gasteiger partial charge in [-0.3, -0.25) is 0 Å². The Morgan fingerprint density at radius 1 is 1.33 bits per heavy atom. The SMILES string of the molecule is CN(CC1CC2CCC1C2)c1cnc(C#N)cn1. The Kier molecular flexibility index (Phi) is 2.91. The third-order valence-corrected chi connectivity index (χ3v) is 4.54. The molecule has 1 aromatic rings. The molecule has 0 aromatic carbocycles. The van der Waals surface area contributed by atoms with Crippen molar-refractivity contribution >= 4 is 5.82 Å². The van der Waals surface area contributed by atoms with Crippen LogP contribution in [0.15, 0.2) is 12.4 Å². The van der Waals surface area contributed by atoms with Gasteiger partial charge in [0.2, 0.25) is 0 Å². The fraction of sp³-hybridized carbons (Fsp3) is 0.643. The summed E-state index contributed by atoms with van der Waals surface area (Å²) in [6, 6.07) is 2.00. The second-order valence-corrected chi connectivity index (χ2v) is 5.69. The van der Waals surface area contributed by atoms with Crippen molar-refractivity contribution < 1.29 is 0 Å². The molecule has 94 valence electrons. The van der Waals surface area contributed by atoms with E-state index in [0.29, 0.717) is 5.69 Å². The van der Waals surface area contributed by atoms with Gasteiger partial charge in [-0.2, -0.15) is 5.26 Å². The summed E-state index contributed by atoms with van der Waals surface area (Å²) in [6.45, 7) is 1.07. The lowest BCUT2D eigenvalue weighted by Crippen LogP contribution is -2.29. The zero-order valence-electron chi connectivity index (χ0n) is 10.7. The number of hydrogen-bond acceptors (Lipinski definition) is 4. The zero-order chi connectivity index (χ0) is 12.5. The van der Waals surface area contributed by atoms with Crippen molar-refractivity contribution in [2.24, 2.45) is 17.8 Å². The smallest absolute Gasteiger partial charge is 0.158 e. The summed E-state index contributed by atoms with van der Waals surface area (Å²) in [5.74, 6) is 3.62. The second kappa shape index (κ2) is 4.56. The van der Waals surface area contributed by atoms with E-state index in [1.807, 2.05) is 6.07 Å². The van der Waals surface area contributed by atoms with Crippen LogP contribution < -0.4 is 4.90 Å². The van der Waals surface area contributed by atoms with E-state index in [4.69, 9.17) is 5.26 Å². The molecule has 3 unspecified atom stereocenters. The minimum absolute atomic E-state index is 0.382. The highest BCUT2D eigenvalue weighted by Gasteiger charge is 2.39. The summed E-state index contributed by atoms with van der Waals surface area (Å²) < 4.78 is 0. The van der Waals surface area contributed by atoms with Gasteiger partial charge in [-0.15, -0.1) is 0 Å². The van der Waals surface area contributed by atoms with E-state index in [-0.39, 0.29) is 0 Å². The van der Waals surface area contributed by atoms with Crippen molar-refractivity contribution in [1.29, 1.82) is 5.26 Å². The average Bonchev–Trinajstić information content (AvgIpc) is 3.01. The summed E-state index contributed by atoms with van der Waals surface area (Å²) in [5.41, 5.74) is 0.382. The molecule has 2 saturated carbocycles. The van der Waals surface area contributed by atoms with Crippen LogP contribution >= 0.6 is 0 Å². The minimum atomic E-state index is 0.382. The number of rotatable bonds is 3. The Morgan fingerprint density at radius 2 is 2.22 bits per heavy atom. The average molecular weight is 242 g/mol. The number of nitrogens with zero attached hydrogens (tertiary/aromatic N) is 4. The molecule has 2 fully saturated rings. The van der Waals surface area contributed by atoms with Gasteiger partial charge in [-0.25, -0.2) is 9.97 Å². The van der Waals surface area contributed by atoms with Crippen molar-refractivity contribution in [2.45, 2.75) is 25.7 Å². The van der Waals surface area contributed by atoms with Crippen LogP contribution in [-0.4, -0.2) is 23.6 Å². The first-order chi connectivity index (χ1) is 8.76. The Balaban J connectivity index is 1.64. The fourth-order valence-electron chi connectivity index (χ4n) is 3.62. The monoisotopic (exact) mass is 242 g/mol. The molecule has 1 aromatic heterocycles. The molecule has 3 rings (SSSR count). The van der Waals surface area contributed by atoms with E-state index >= 15 is 0 Å². The van der Waals surface area contributed by atoms with Crippen LogP contribution in [0.25, 0.3) is 0 Å². The minimum Gasteiger partial charge on any atom is -0.358 e. The van der Waals surface area contributed by atoms with Crippen LogP contribution in [0.4, 0.5) is 5.82 Å². The third kappa shape index (κ3) is 2.05. The van der Waals surface area contributed by atoms with Crippen LogP contribution in [-0.2, 0) is 0 Å². The van der Waals surface area contributed by atoms with Crippen molar-refractivity contribution in [3.8, 4) is 6.07 Å². The predicted molar refractivity (Wildman–Crippen MR) is 69.0 cm³/mol. The van der Waals surface area contributed by atoms with Crippen LogP contribution in [0.2, 0.25) is 0 Å². The van der Waals surface area contributed by atoms with Crippen LogP contribution in [0, 0.1) is 29.1 Å². The molecule has 0 radical (unpaired) electrons. The fourth-order valence-corrected chi connectivity index (χ4v) is 3.62. The third-order valence-electron chi connectivity index (χ3n) is 4.54. The molecular formula is C14H18N4. The van der Waals surface area contributed by atoms with E-state index in [1.54, 1.807) is 12.4 Å². The Labute approximate surface area is 108 Å². The van der Waals surface area contributed by atoms with E-state index in [0.717, 1.165) is 30.1 Å². The molecule has 2 bridgehead atoms. The number of nitriles is 1. The van der Waals surface area contributed by atoms with E-state index in [1.165, 1.54) is 25.7 Å². The maximum absolute atomic E-state index is 8.70. The van der Waals surface area contributed by atoms with Gasteiger partial charge in [0.1, 0.15) is 11.9 Å². The molecule has 0 saturated heterocycles. The van der Waals surface area contributed by atoms with Gasteiger partial charge in [0.05, 0.1) is 12.4 Å². The number of hydrogen-bond donors (Lipinski definition) is 0. The second-order valence-electron chi connectivity index (χ2n) is 5.69. The molecule has 0 spiro atoms. The Morgan fingerprint density at radius 3 is 2.78 bits per heavy atom. The molecule has 2 aliphatic carbocycles. The van der Waals surface area contributed by atoms with Gasteiger partial charge in [-0.1, -0.05) is 6.42 Å². The normalized spacial score (nSPS) is 29.2. The molecule has 1 heterocycles. The lowest BCUT2D eigenvalue weighted by molar-refractivity contribution is 0.337. The molecule has 3 atom stereocenters. The lowest BCUT2D eigenvalue weighted by atomic mass is 9.88. The molecular weight excluding hydrogens is 224 g/mol. The van der Waals surface area contributed by atoms with E-state index < -0.39 is 0 Å². The van der Waals surface area contributed by atoms with Gasteiger partial charge in [0, 0.05) is 13.6 Å². The first-order valence-electron chi connectivity index (χ1n) is 6.69. The predicted octanol–water partition coefficient (Wildman–Crippen LogP) is 2.22. The number of anilines is 1. The van der Waals surface area contributed by atoms with Gasteiger partial charge in [0.25, 0.3) is 0 Å². The standard InChI is InChI=1S/C14H18N4/c1-18(14-8-16-13(6-15)7-17-14)9-12-5-10-2-3-11(12)4-10/h7-8,10-12H,2-5,9H2,1H3. The van der Waals surface area contributed by atoms with E-state index in [9.17, 15) is 0 Å². The van der Waals surface area contributed by atoms with Crippen molar-refractivity contribution in [1.82, 2.24) is 9.97 Å². The first-order valence-corrected chi connectivity index (χ1v) is 6.69. The van der Waals surface area contributed by atoms with Gasteiger partial charge in [0.15, 0.2) is 5.69 Å².